The van der Waals surface area contributed by atoms with E-state index in [1.807, 2.05) is 12.3 Å². The van der Waals surface area contributed by atoms with Gasteiger partial charge >= 0.3 is 0 Å². The second kappa shape index (κ2) is 6.47. The van der Waals surface area contributed by atoms with Gasteiger partial charge in [-0.15, -0.1) is 11.3 Å². The van der Waals surface area contributed by atoms with Crippen LogP contribution < -0.4 is 5.32 Å². The van der Waals surface area contributed by atoms with Gasteiger partial charge in [0, 0.05) is 35.8 Å². The Balaban J connectivity index is 2.36. The quantitative estimate of drug-likeness (QED) is 0.823. The molecular formula is C11H20N2O2S2. The molecule has 0 saturated carbocycles. The molecule has 0 aliphatic rings. The number of nitrogens with one attached hydrogen (secondary N) is 1. The van der Waals surface area contributed by atoms with Crippen LogP contribution in [0.25, 0.3) is 0 Å². The van der Waals surface area contributed by atoms with E-state index in [1.165, 1.54) is 0 Å². The summed E-state index contributed by atoms with van der Waals surface area (Å²) in [5.74, 6) is 0.733. The van der Waals surface area contributed by atoms with Crippen LogP contribution >= 0.6 is 11.3 Å². The van der Waals surface area contributed by atoms with Crippen molar-refractivity contribution < 1.29 is 8.42 Å². The summed E-state index contributed by atoms with van der Waals surface area (Å²) >= 11 is 1.63. The fourth-order valence-electron chi connectivity index (χ4n) is 1.50. The van der Waals surface area contributed by atoms with Crippen LogP contribution in [0.15, 0.2) is 11.6 Å². The number of nitrogens with zero attached hydrogens (tertiary/aromatic N) is 1. The molecule has 1 aromatic heterocycles. The Morgan fingerprint density at radius 1 is 1.47 bits per heavy atom. The molecule has 0 spiro atoms. The topological polar surface area (TPSA) is 59.1 Å². The molecule has 1 aromatic rings. The van der Waals surface area contributed by atoms with Crippen molar-refractivity contribution in [1.82, 2.24) is 10.3 Å². The second-order valence-corrected chi connectivity index (χ2v) is 7.60. The smallest absolute Gasteiger partial charge is 0.151 e. The fraction of sp³-hybridized carbons (Fsp3) is 0.727. The summed E-state index contributed by atoms with van der Waals surface area (Å²) in [6, 6.07) is -0.0117. The third-order valence-corrected chi connectivity index (χ3v) is 5.48. The van der Waals surface area contributed by atoms with Gasteiger partial charge in [-0.05, 0) is 6.92 Å². The zero-order chi connectivity index (χ0) is 12.9. The lowest BCUT2D eigenvalue weighted by molar-refractivity contribution is 0.534. The molecule has 2 unspecified atom stereocenters. The SMILES string of the molecule is CCS(=O)(=O)CC(C)NCC(C)c1nccs1. The van der Waals surface area contributed by atoms with Crippen molar-refractivity contribution >= 4 is 21.2 Å². The Labute approximate surface area is 107 Å². The average molecular weight is 276 g/mol. The molecule has 0 radical (unpaired) electrons. The highest BCUT2D eigenvalue weighted by Crippen LogP contribution is 2.16. The molecule has 1 heterocycles. The minimum absolute atomic E-state index is 0.0117. The Morgan fingerprint density at radius 2 is 2.18 bits per heavy atom. The number of hydrogen-bond acceptors (Lipinski definition) is 5. The molecule has 0 aliphatic heterocycles. The molecule has 0 aliphatic carbocycles. The van der Waals surface area contributed by atoms with Gasteiger partial charge in [0.25, 0.3) is 0 Å². The summed E-state index contributed by atoms with van der Waals surface area (Å²) in [6.45, 7) is 6.43. The molecule has 1 rings (SSSR count). The molecule has 6 heteroatoms. The van der Waals surface area contributed by atoms with Crippen LogP contribution in [0, 0.1) is 0 Å². The summed E-state index contributed by atoms with van der Waals surface area (Å²) in [7, 11) is -2.90. The van der Waals surface area contributed by atoms with Gasteiger partial charge < -0.3 is 5.32 Å². The third kappa shape index (κ3) is 5.14. The van der Waals surface area contributed by atoms with Crippen molar-refractivity contribution in [3.05, 3.63) is 16.6 Å². The van der Waals surface area contributed by atoms with Crippen LogP contribution in [0.5, 0.6) is 0 Å². The maximum absolute atomic E-state index is 11.4. The Bertz CT molecular complexity index is 415. The van der Waals surface area contributed by atoms with Gasteiger partial charge in [-0.2, -0.15) is 0 Å². The van der Waals surface area contributed by atoms with E-state index in [0.29, 0.717) is 5.92 Å². The normalized spacial score (nSPS) is 15.7. The van der Waals surface area contributed by atoms with Crippen LogP contribution in [0.3, 0.4) is 0 Å². The van der Waals surface area contributed by atoms with E-state index in [-0.39, 0.29) is 17.5 Å². The molecule has 0 saturated heterocycles. The van der Waals surface area contributed by atoms with Crippen LogP contribution in [-0.2, 0) is 9.84 Å². The number of aromatic nitrogens is 1. The zero-order valence-electron chi connectivity index (χ0n) is 10.5. The van der Waals surface area contributed by atoms with E-state index in [1.54, 1.807) is 24.5 Å². The molecule has 1 N–H and O–H groups in total. The molecule has 0 fully saturated rings. The largest absolute Gasteiger partial charge is 0.313 e. The lowest BCUT2D eigenvalue weighted by atomic mass is 10.2. The van der Waals surface area contributed by atoms with Crippen LogP contribution in [0.1, 0.15) is 31.7 Å². The van der Waals surface area contributed by atoms with E-state index in [4.69, 9.17) is 0 Å². The summed E-state index contributed by atoms with van der Waals surface area (Å²) in [5.41, 5.74) is 0. The predicted octanol–water partition coefficient (Wildman–Crippen LogP) is 1.66. The first-order valence-electron chi connectivity index (χ1n) is 5.77. The van der Waals surface area contributed by atoms with E-state index in [9.17, 15) is 8.42 Å². The molecule has 0 aromatic carbocycles. The van der Waals surface area contributed by atoms with E-state index < -0.39 is 9.84 Å². The molecule has 0 bridgehead atoms. The van der Waals surface area contributed by atoms with Gasteiger partial charge in [0.2, 0.25) is 0 Å². The molecular weight excluding hydrogens is 256 g/mol. The van der Waals surface area contributed by atoms with E-state index in [2.05, 4.69) is 17.2 Å². The summed E-state index contributed by atoms with van der Waals surface area (Å²) in [6.07, 6.45) is 1.79. The Kier molecular flexibility index (Phi) is 5.55. The van der Waals surface area contributed by atoms with Crippen molar-refractivity contribution in [1.29, 1.82) is 0 Å². The summed E-state index contributed by atoms with van der Waals surface area (Å²) < 4.78 is 22.9. The monoisotopic (exact) mass is 276 g/mol. The zero-order valence-corrected chi connectivity index (χ0v) is 12.1. The maximum Gasteiger partial charge on any atom is 0.151 e. The lowest BCUT2D eigenvalue weighted by Gasteiger charge is -2.16. The highest BCUT2D eigenvalue weighted by atomic mass is 32.2. The minimum atomic E-state index is -2.90. The van der Waals surface area contributed by atoms with Gasteiger partial charge in [0.05, 0.1) is 10.8 Å². The Morgan fingerprint density at radius 3 is 2.71 bits per heavy atom. The van der Waals surface area contributed by atoms with Crippen LogP contribution in [-0.4, -0.2) is 37.5 Å². The summed E-state index contributed by atoms with van der Waals surface area (Å²) in [5, 5.41) is 6.29. The van der Waals surface area contributed by atoms with Gasteiger partial charge in [0.1, 0.15) is 0 Å². The molecule has 17 heavy (non-hydrogen) atoms. The Hall–Kier alpha value is -0.460. The fourth-order valence-corrected chi connectivity index (χ4v) is 3.31. The number of rotatable bonds is 7. The van der Waals surface area contributed by atoms with Gasteiger partial charge in [-0.3, -0.25) is 0 Å². The van der Waals surface area contributed by atoms with Crippen molar-refractivity contribution in [3.63, 3.8) is 0 Å². The summed E-state index contributed by atoms with van der Waals surface area (Å²) in [4.78, 5) is 4.25. The first-order chi connectivity index (χ1) is 7.94. The third-order valence-electron chi connectivity index (χ3n) is 2.59. The van der Waals surface area contributed by atoms with Crippen LogP contribution in [0.2, 0.25) is 0 Å². The van der Waals surface area contributed by atoms with E-state index in [0.717, 1.165) is 11.6 Å². The second-order valence-electron chi connectivity index (χ2n) is 4.28. The maximum atomic E-state index is 11.4. The van der Waals surface area contributed by atoms with Gasteiger partial charge in [-0.1, -0.05) is 13.8 Å². The average Bonchev–Trinajstić information content (AvgIpc) is 2.78. The van der Waals surface area contributed by atoms with Gasteiger partial charge in [-0.25, -0.2) is 13.4 Å². The first kappa shape index (κ1) is 14.6. The van der Waals surface area contributed by atoms with Crippen molar-refractivity contribution in [3.8, 4) is 0 Å². The first-order valence-corrected chi connectivity index (χ1v) is 8.48. The van der Waals surface area contributed by atoms with Crippen molar-refractivity contribution in [2.75, 3.05) is 18.1 Å². The lowest BCUT2D eigenvalue weighted by Crippen LogP contribution is -2.35. The predicted molar refractivity (Wildman–Crippen MR) is 72.3 cm³/mol. The molecule has 98 valence electrons. The van der Waals surface area contributed by atoms with Crippen LogP contribution in [0.4, 0.5) is 0 Å². The number of thiazole rings is 1. The molecule has 4 nitrogen and oxygen atoms in total. The highest BCUT2D eigenvalue weighted by Gasteiger charge is 2.15. The standard InChI is InChI=1S/C11H20N2O2S2/c1-4-17(14,15)8-10(3)13-7-9(2)11-12-5-6-16-11/h5-6,9-10,13H,4,7-8H2,1-3H3. The minimum Gasteiger partial charge on any atom is -0.313 e. The molecule has 2 atom stereocenters. The van der Waals surface area contributed by atoms with Crippen molar-refractivity contribution in [2.45, 2.75) is 32.7 Å². The number of sulfone groups is 1. The van der Waals surface area contributed by atoms with Gasteiger partial charge in [0.15, 0.2) is 9.84 Å². The van der Waals surface area contributed by atoms with E-state index >= 15 is 0 Å². The molecule has 0 amide bonds. The number of hydrogen-bond donors (Lipinski definition) is 1. The van der Waals surface area contributed by atoms with Crippen molar-refractivity contribution in [2.24, 2.45) is 0 Å². The highest BCUT2D eigenvalue weighted by molar-refractivity contribution is 7.91.